The van der Waals surface area contributed by atoms with Crippen molar-refractivity contribution in [3.63, 3.8) is 0 Å². The summed E-state index contributed by atoms with van der Waals surface area (Å²) in [7, 11) is 0. The molecule has 0 fully saturated rings. The van der Waals surface area contributed by atoms with Gasteiger partial charge in [0.05, 0.1) is 12.8 Å². The number of aromatic nitrogens is 2. The second-order valence-electron chi connectivity index (χ2n) is 3.92. The molecular formula is C13H15N3O2S. The predicted octanol–water partition coefficient (Wildman–Crippen LogP) is 2.02. The number of pyridine rings is 1. The fourth-order valence-corrected chi connectivity index (χ4v) is 2.15. The van der Waals surface area contributed by atoms with Crippen molar-refractivity contribution in [2.75, 3.05) is 6.61 Å². The molecule has 0 aliphatic carbocycles. The van der Waals surface area contributed by atoms with Gasteiger partial charge in [-0.15, -0.1) is 11.3 Å². The lowest BCUT2D eigenvalue weighted by atomic mass is 10.1. The number of thiazole rings is 1. The summed E-state index contributed by atoms with van der Waals surface area (Å²) >= 11 is 1.38. The highest BCUT2D eigenvalue weighted by Crippen LogP contribution is 2.17. The van der Waals surface area contributed by atoms with Crippen LogP contribution in [0.2, 0.25) is 0 Å². The van der Waals surface area contributed by atoms with E-state index >= 15 is 0 Å². The fraction of sp³-hybridized carbons (Fsp3) is 0.308. The first-order valence-electron chi connectivity index (χ1n) is 6.01. The third-order valence-electron chi connectivity index (χ3n) is 2.41. The van der Waals surface area contributed by atoms with Crippen LogP contribution < -0.4 is 10.5 Å². The Balaban J connectivity index is 2.18. The van der Waals surface area contributed by atoms with Gasteiger partial charge in [-0.3, -0.25) is 9.78 Å². The van der Waals surface area contributed by atoms with Crippen LogP contribution in [0.15, 0.2) is 23.8 Å². The SMILES string of the molecule is CCCOc1cncc(C(=O)c2csc(CN)n2)c1. The lowest BCUT2D eigenvalue weighted by Crippen LogP contribution is -2.05. The second kappa shape index (κ2) is 6.40. The Labute approximate surface area is 115 Å². The van der Waals surface area contributed by atoms with Gasteiger partial charge in [-0.25, -0.2) is 4.98 Å². The number of nitrogens with two attached hydrogens (primary N) is 1. The van der Waals surface area contributed by atoms with Crippen molar-refractivity contribution in [2.45, 2.75) is 19.9 Å². The van der Waals surface area contributed by atoms with E-state index in [-0.39, 0.29) is 5.78 Å². The van der Waals surface area contributed by atoms with E-state index in [0.29, 0.717) is 30.2 Å². The zero-order chi connectivity index (χ0) is 13.7. The quantitative estimate of drug-likeness (QED) is 0.817. The van der Waals surface area contributed by atoms with E-state index in [2.05, 4.69) is 9.97 Å². The molecule has 0 aromatic carbocycles. The monoisotopic (exact) mass is 277 g/mol. The minimum absolute atomic E-state index is 0.162. The molecule has 0 unspecified atom stereocenters. The molecular weight excluding hydrogens is 262 g/mol. The number of nitrogens with zero attached hydrogens (tertiary/aromatic N) is 2. The minimum atomic E-state index is -0.162. The number of carbonyl (C=O) groups excluding carboxylic acids is 1. The topological polar surface area (TPSA) is 78.1 Å². The van der Waals surface area contributed by atoms with Gasteiger partial charge in [-0.2, -0.15) is 0 Å². The van der Waals surface area contributed by atoms with Gasteiger partial charge >= 0.3 is 0 Å². The summed E-state index contributed by atoms with van der Waals surface area (Å²) in [5.74, 6) is 0.437. The smallest absolute Gasteiger partial charge is 0.213 e. The maximum absolute atomic E-state index is 12.2. The highest BCUT2D eigenvalue weighted by Gasteiger charge is 2.14. The van der Waals surface area contributed by atoms with Crippen molar-refractivity contribution < 1.29 is 9.53 Å². The number of hydrogen-bond acceptors (Lipinski definition) is 6. The molecule has 0 spiro atoms. The van der Waals surface area contributed by atoms with Gasteiger partial charge in [-0.1, -0.05) is 6.92 Å². The Morgan fingerprint density at radius 2 is 2.32 bits per heavy atom. The molecule has 0 aliphatic heterocycles. The predicted molar refractivity (Wildman–Crippen MR) is 73.5 cm³/mol. The Hall–Kier alpha value is -1.79. The number of carbonyl (C=O) groups is 1. The normalized spacial score (nSPS) is 10.4. The van der Waals surface area contributed by atoms with Crippen LogP contribution in [0.4, 0.5) is 0 Å². The van der Waals surface area contributed by atoms with Crippen LogP contribution in [-0.4, -0.2) is 22.4 Å². The number of hydrogen-bond donors (Lipinski definition) is 1. The zero-order valence-electron chi connectivity index (χ0n) is 10.6. The fourth-order valence-electron chi connectivity index (χ4n) is 1.50. The van der Waals surface area contributed by atoms with Crippen LogP contribution >= 0.6 is 11.3 Å². The zero-order valence-corrected chi connectivity index (χ0v) is 11.4. The Morgan fingerprint density at radius 3 is 3.00 bits per heavy atom. The lowest BCUT2D eigenvalue weighted by molar-refractivity contribution is 0.103. The molecule has 19 heavy (non-hydrogen) atoms. The maximum Gasteiger partial charge on any atom is 0.213 e. The molecule has 5 nitrogen and oxygen atoms in total. The average molecular weight is 277 g/mol. The summed E-state index contributed by atoms with van der Waals surface area (Å²) in [6.07, 6.45) is 4.02. The van der Waals surface area contributed by atoms with Crippen molar-refractivity contribution >= 4 is 17.1 Å². The molecule has 0 radical (unpaired) electrons. The van der Waals surface area contributed by atoms with Gasteiger partial charge in [0, 0.05) is 23.7 Å². The molecule has 0 aliphatic rings. The van der Waals surface area contributed by atoms with E-state index in [1.165, 1.54) is 17.5 Å². The van der Waals surface area contributed by atoms with E-state index in [0.717, 1.165) is 11.4 Å². The molecule has 6 heteroatoms. The molecule has 2 aromatic rings. The van der Waals surface area contributed by atoms with Crippen LogP contribution in [0.3, 0.4) is 0 Å². The van der Waals surface area contributed by atoms with Crippen LogP contribution in [0.1, 0.15) is 34.4 Å². The molecule has 0 saturated carbocycles. The first-order chi connectivity index (χ1) is 9.24. The van der Waals surface area contributed by atoms with E-state index < -0.39 is 0 Å². The van der Waals surface area contributed by atoms with Crippen molar-refractivity contribution in [3.8, 4) is 5.75 Å². The average Bonchev–Trinajstić information content (AvgIpc) is 2.93. The van der Waals surface area contributed by atoms with Crippen molar-refractivity contribution in [1.29, 1.82) is 0 Å². The van der Waals surface area contributed by atoms with Crippen LogP contribution in [0.25, 0.3) is 0 Å². The van der Waals surface area contributed by atoms with E-state index in [9.17, 15) is 4.79 Å². The highest BCUT2D eigenvalue weighted by molar-refractivity contribution is 7.09. The number of rotatable bonds is 6. The van der Waals surface area contributed by atoms with Gasteiger partial charge in [0.1, 0.15) is 16.5 Å². The van der Waals surface area contributed by atoms with Gasteiger partial charge in [0.15, 0.2) is 0 Å². The summed E-state index contributed by atoms with van der Waals surface area (Å²) in [6, 6.07) is 1.69. The van der Waals surface area contributed by atoms with E-state index in [1.54, 1.807) is 17.6 Å². The summed E-state index contributed by atoms with van der Waals surface area (Å²) < 4.78 is 5.46. The Morgan fingerprint density at radius 1 is 1.47 bits per heavy atom. The lowest BCUT2D eigenvalue weighted by Gasteiger charge is -2.04. The van der Waals surface area contributed by atoms with Gasteiger partial charge in [-0.05, 0) is 12.5 Å². The molecule has 100 valence electrons. The van der Waals surface area contributed by atoms with Gasteiger partial charge in [0.25, 0.3) is 0 Å². The minimum Gasteiger partial charge on any atom is -0.492 e. The molecule has 0 bridgehead atoms. The summed E-state index contributed by atoms with van der Waals surface area (Å²) in [5.41, 5.74) is 6.36. The van der Waals surface area contributed by atoms with Crippen molar-refractivity contribution in [3.05, 3.63) is 40.1 Å². The number of ether oxygens (including phenoxy) is 1. The van der Waals surface area contributed by atoms with E-state index in [1.807, 2.05) is 6.92 Å². The molecule has 2 aromatic heterocycles. The number of ketones is 1. The first-order valence-corrected chi connectivity index (χ1v) is 6.89. The molecule has 2 heterocycles. The van der Waals surface area contributed by atoms with Crippen molar-refractivity contribution in [2.24, 2.45) is 5.73 Å². The molecule has 0 atom stereocenters. The summed E-state index contributed by atoms with van der Waals surface area (Å²) in [4.78, 5) is 20.4. The standard InChI is InChI=1S/C13H15N3O2S/c1-2-3-18-10-4-9(6-15-7-10)13(17)11-8-19-12(5-14)16-11/h4,6-8H,2-3,5,14H2,1H3. The molecule has 2 rings (SSSR count). The second-order valence-corrected chi connectivity index (χ2v) is 4.86. The molecule has 0 amide bonds. The first kappa shape index (κ1) is 13.6. The summed E-state index contributed by atoms with van der Waals surface area (Å²) in [5, 5.41) is 2.46. The van der Waals surface area contributed by atoms with Crippen LogP contribution in [0, 0.1) is 0 Å². The Bertz CT molecular complexity index is 569. The molecule has 0 saturated heterocycles. The van der Waals surface area contributed by atoms with Crippen molar-refractivity contribution in [1.82, 2.24) is 9.97 Å². The third kappa shape index (κ3) is 3.36. The largest absolute Gasteiger partial charge is 0.492 e. The Kier molecular flexibility index (Phi) is 4.59. The summed E-state index contributed by atoms with van der Waals surface area (Å²) in [6.45, 7) is 2.97. The van der Waals surface area contributed by atoms with Crippen LogP contribution in [0.5, 0.6) is 5.75 Å². The van der Waals surface area contributed by atoms with E-state index in [4.69, 9.17) is 10.5 Å². The van der Waals surface area contributed by atoms with Gasteiger partial charge < -0.3 is 10.5 Å². The van der Waals surface area contributed by atoms with Crippen LogP contribution in [-0.2, 0) is 6.54 Å². The maximum atomic E-state index is 12.2. The highest BCUT2D eigenvalue weighted by atomic mass is 32.1. The van der Waals surface area contributed by atoms with Gasteiger partial charge in [0.2, 0.25) is 5.78 Å². The third-order valence-corrected chi connectivity index (χ3v) is 3.28. The molecule has 2 N–H and O–H groups in total.